The average Bonchev–Trinajstić information content (AvgIpc) is 3.37. The number of methoxy groups -OCH3 is 2. The molecule has 12 heteroatoms. The molecule has 5 atom stereocenters. The van der Waals surface area contributed by atoms with Crippen molar-refractivity contribution in [3.63, 3.8) is 0 Å². The molecule has 2 heterocycles. The zero-order valence-corrected chi connectivity index (χ0v) is 19.9. The van der Waals surface area contributed by atoms with Gasteiger partial charge in [-0.25, -0.2) is 9.07 Å². The number of hydrogen-bond donors (Lipinski definition) is 3. The van der Waals surface area contributed by atoms with E-state index in [-0.39, 0.29) is 5.56 Å². The highest BCUT2D eigenvalue weighted by molar-refractivity contribution is 5.95. The Morgan fingerprint density at radius 1 is 1.14 bits per heavy atom. The number of carbonyl (C=O) groups is 1. The average molecular weight is 502 g/mol. The molecule has 3 N–H and O–H groups in total. The van der Waals surface area contributed by atoms with Gasteiger partial charge in [-0.15, -0.1) is 5.10 Å². The van der Waals surface area contributed by atoms with Gasteiger partial charge in [0.05, 0.1) is 27.0 Å². The summed E-state index contributed by atoms with van der Waals surface area (Å²) in [4.78, 5) is 14.4. The molecule has 0 bridgehead atoms. The first-order chi connectivity index (χ1) is 17.3. The van der Waals surface area contributed by atoms with E-state index < -0.39 is 48.9 Å². The first-order valence-electron chi connectivity index (χ1n) is 11.1. The number of benzene rings is 2. The van der Waals surface area contributed by atoms with Crippen LogP contribution in [0.15, 0.2) is 48.7 Å². The van der Waals surface area contributed by atoms with Crippen LogP contribution in [0.4, 0.5) is 4.39 Å². The van der Waals surface area contributed by atoms with Gasteiger partial charge in [0.1, 0.15) is 35.9 Å². The molecule has 36 heavy (non-hydrogen) atoms. The first kappa shape index (κ1) is 25.5. The van der Waals surface area contributed by atoms with Crippen LogP contribution in [0.3, 0.4) is 0 Å². The van der Waals surface area contributed by atoms with Crippen LogP contribution in [0.25, 0.3) is 11.3 Å². The molecule has 1 amide bonds. The Morgan fingerprint density at radius 2 is 1.89 bits per heavy atom. The minimum Gasteiger partial charge on any atom is -0.493 e. The molecule has 0 radical (unpaired) electrons. The fraction of sp³-hybridized carbons (Fsp3) is 0.375. The summed E-state index contributed by atoms with van der Waals surface area (Å²) in [5, 5.41) is 39.9. The second-order valence-electron chi connectivity index (χ2n) is 8.30. The van der Waals surface area contributed by atoms with Gasteiger partial charge in [-0.2, -0.15) is 0 Å². The highest BCUT2D eigenvalue weighted by Crippen LogP contribution is 2.33. The Hall–Kier alpha value is -3.58. The second kappa shape index (κ2) is 10.6. The normalized spacial score (nSPS) is 23.8. The minimum atomic E-state index is -1.46. The maximum absolute atomic E-state index is 13.6. The predicted molar refractivity (Wildman–Crippen MR) is 124 cm³/mol. The molecule has 1 fully saturated rings. The van der Waals surface area contributed by atoms with Gasteiger partial charge in [-0.1, -0.05) is 17.3 Å². The Morgan fingerprint density at radius 3 is 2.56 bits per heavy atom. The molecule has 0 spiro atoms. The quantitative estimate of drug-likeness (QED) is 0.429. The molecule has 1 aromatic heterocycles. The SMILES string of the molecule is COc1ccc(C(=O)N(C)[C@@H]2OC(CO)[C@H](O)C(n3cc(-c4cccc(F)c4)nn3)[C@@H]2O)cc1OC. The third kappa shape index (κ3) is 4.75. The van der Waals surface area contributed by atoms with Crippen LogP contribution in [-0.2, 0) is 4.74 Å². The van der Waals surface area contributed by atoms with Crippen LogP contribution in [-0.4, -0.2) is 93.5 Å². The molecule has 192 valence electrons. The molecule has 4 rings (SSSR count). The maximum Gasteiger partial charge on any atom is 0.255 e. The topological polar surface area (TPSA) is 139 Å². The van der Waals surface area contributed by atoms with Crippen molar-refractivity contribution >= 4 is 5.91 Å². The van der Waals surface area contributed by atoms with Crippen LogP contribution < -0.4 is 9.47 Å². The summed E-state index contributed by atoms with van der Waals surface area (Å²) >= 11 is 0. The molecule has 11 nitrogen and oxygen atoms in total. The number of aromatic nitrogens is 3. The lowest BCUT2D eigenvalue weighted by Crippen LogP contribution is -2.61. The number of halogens is 1. The molecule has 0 saturated carbocycles. The second-order valence-corrected chi connectivity index (χ2v) is 8.30. The zero-order chi connectivity index (χ0) is 26.0. The molecule has 1 aliphatic rings. The van der Waals surface area contributed by atoms with Crippen molar-refractivity contribution in [2.24, 2.45) is 0 Å². The van der Waals surface area contributed by atoms with Crippen molar-refractivity contribution in [3.05, 3.63) is 60.0 Å². The molecule has 2 aromatic carbocycles. The highest BCUT2D eigenvalue weighted by Gasteiger charge is 2.48. The van der Waals surface area contributed by atoms with Crippen LogP contribution in [0.2, 0.25) is 0 Å². The van der Waals surface area contributed by atoms with Crippen molar-refractivity contribution in [2.45, 2.75) is 30.6 Å². The number of likely N-dealkylation sites (N-methyl/N-ethyl adjacent to an activating group) is 1. The van der Waals surface area contributed by atoms with Crippen LogP contribution >= 0.6 is 0 Å². The van der Waals surface area contributed by atoms with E-state index >= 15 is 0 Å². The van der Waals surface area contributed by atoms with Gasteiger partial charge < -0.3 is 34.4 Å². The lowest BCUT2D eigenvalue weighted by Gasteiger charge is -2.45. The molecule has 0 aliphatic carbocycles. The van der Waals surface area contributed by atoms with E-state index in [9.17, 15) is 24.5 Å². The number of hydrogen-bond acceptors (Lipinski definition) is 9. The fourth-order valence-corrected chi connectivity index (χ4v) is 4.21. The monoisotopic (exact) mass is 502 g/mol. The molecule has 3 aromatic rings. The van der Waals surface area contributed by atoms with E-state index in [1.807, 2.05) is 0 Å². The van der Waals surface area contributed by atoms with E-state index in [2.05, 4.69) is 10.3 Å². The van der Waals surface area contributed by atoms with Gasteiger partial charge >= 0.3 is 0 Å². The smallest absolute Gasteiger partial charge is 0.255 e. The highest BCUT2D eigenvalue weighted by atomic mass is 19.1. The van der Waals surface area contributed by atoms with E-state index in [1.54, 1.807) is 12.1 Å². The van der Waals surface area contributed by atoms with Crippen LogP contribution in [0, 0.1) is 5.82 Å². The Kier molecular flexibility index (Phi) is 7.50. The summed E-state index contributed by atoms with van der Waals surface area (Å²) in [7, 11) is 4.34. The first-order valence-corrected chi connectivity index (χ1v) is 11.1. The summed E-state index contributed by atoms with van der Waals surface area (Å²) < 4.78 is 31.0. The molecular weight excluding hydrogens is 475 g/mol. The van der Waals surface area contributed by atoms with Crippen molar-refractivity contribution in [3.8, 4) is 22.8 Å². The van der Waals surface area contributed by atoms with E-state index in [0.29, 0.717) is 22.8 Å². The van der Waals surface area contributed by atoms with Crippen molar-refractivity contribution < 1.29 is 38.7 Å². The number of carbonyl (C=O) groups excluding carboxylic acids is 1. The number of aliphatic hydroxyl groups excluding tert-OH is 3. The van der Waals surface area contributed by atoms with Gasteiger partial charge in [-0.05, 0) is 30.3 Å². The van der Waals surface area contributed by atoms with Gasteiger partial charge in [0.25, 0.3) is 5.91 Å². The summed E-state index contributed by atoms with van der Waals surface area (Å²) in [6.07, 6.45) is -3.78. The van der Waals surface area contributed by atoms with E-state index in [1.165, 1.54) is 62.5 Å². The summed E-state index contributed by atoms with van der Waals surface area (Å²) in [5.74, 6) is -0.180. The Balaban J connectivity index is 1.63. The van der Waals surface area contributed by atoms with Crippen molar-refractivity contribution in [1.29, 1.82) is 0 Å². The summed E-state index contributed by atoms with van der Waals surface area (Å²) in [5.41, 5.74) is 1.00. The molecule has 1 saturated heterocycles. The molecule has 1 aliphatic heterocycles. The van der Waals surface area contributed by atoms with Crippen LogP contribution in [0.1, 0.15) is 16.4 Å². The molecule has 2 unspecified atom stereocenters. The minimum absolute atomic E-state index is 0.239. The number of rotatable bonds is 7. The van der Waals surface area contributed by atoms with E-state index in [0.717, 1.165) is 4.90 Å². The number of aliphatic hydroxyl groups is 3. The number of nitrogens with zero attached hydrogens (tertiary/aromatic N) is 4. The van der Waals surface area contributed by atoms with Gasteiger partial charge in [0.2, 0.25) is 0 Å². The maximum atomic E-state index is 13.6. The predicted octanol–water partition coefficient (Wildman–Crippen LogP) is 0.854. The summed E-state index contributed by atoms with van der Waals surface area (Å²) in [6, 6.07) is 9.21. The number of ether oxygens (including phenoxy) is 3. The third-order valence-corrected chi connectivity index (χ3v) is 6.14. The largest absolute Gasteiger partial charge is 0.493 e. The standard InChI is InChI=1S/C24H27FN4O7/c1-28(23(33)14-7-8-17(34-2)18(10-14)35-3)24-22(32)20(21(31)19(12-30)36-24)29-11-16(26-27-29)13-5-4-6-15(25)9-13/h4-11,19-22,24,30-32H,12H2,1-3H3/t19?,20?,21-,22-,24+/m0/s1. The van der Waals surface area contributed by atoms with Crippen LogP contribution in [0.5, 0.6) is 11.5 Å². The Bertz CT molecular complexity index is 1220. The third-order valence-electron chi connectivity index (χ3n) is 6.14. The van der Waals surface area contributed by atoms with Gasteiger partial charge in [-0.3, -0.25) is 4.79 Å². The van der Waals surface area contributed by atoms with E-state index in [4.69, 9.17) is 14.2 Å². The summed E-state index contributed by atoms with van der Waals surface area (Å²) in [6.45, 7) is -0.579. The lowest BCUT2D eigenvalue weighted by molar-refractivity contribution is -0.235. The molecular formula is C24H27FN4O7. The van der Waals surface area contributed by atoms with Gasteiger partial charge in [0, 0.05) is 18.2 Å². The Labute approximate surface area is 206 Å². The van der Waals surface area contributed by atoms with Gasteiger partial charge in [0.15, 0.2) is 17.7 Å². The van der Waals surface area contributed by atoms with Crippen molar-refractivity contribution in [1.82, 2.24) is 19.9 Å². The number of amides is 1. The lowest BCUT2D eigenvalue weighted by atomic mass is 9.94. The van der Waals surface area contributed by atoms with Crippen molar-refractivity contribution in [2.75, 3.05) is 27.9 Å². The zero-order valence-electron chi connectivity index (χ0n) is 19.9. The fourth-order valence-electron chi connectivity index (χ4n) is 4.21.